The first-order valence-corrected chi connectivity index (χ1v) is 8.60. The normalized spacial score (nSPS) is 15.3. The third kappa shape index (κ3) is 4.32. The molecule has 0 atom stereocenters. The number of nitrogens with zero attached hydrogens (tertiary/aromatic N) is 2. The summed E-state index contributed by atoms with van der Waals surface area (Å²) in [5, 5.41) is 0. The zero-order chi connectivity index (χ0) is 16.1. The molecule has 5 heteroatoms. The largest absolute Gasteiger partial charge is 0.341 e. The lowest BCUT2D eigenvalue weighted by atomic mass is 10.2. The minimum Gasteiger partial charge on any atom is -0.341 e. The van der Waals surface area contributed by atoms with Crippen molar-refractivity contribution in [3.8, 4) is 0 Å². The Hall–Kier alpha value is -1.36. The molecule has 0 saturated carbocycles. The van der Waals surface area contributed by atoms with E-state index in [9.17, 15) is 9.59 Å². The van der Waals surface area contributed by atoms with Crippen molar-refractivity contribution in [2.75, 3.05) is 24.5 Å². The van der Waals surface area contributed by atoms with Gasteiger partial charge in [0.25, 0.3) is 0 Å². The Morgan fingerprint density at radius 2 is 1.82 bits per heavy atom. The van der Waals surface area contributed by atoms with Gasteiger partial charge in [-0.3, -0.25) is 9.59 Å². The van der Waals surface area contributed by atoms with Crippen LogP contribution in [0.3, 0.4) is 0 Å². The number of likely N-dealkylation sites (tertiary alicyclic amines) is 1. The Morgan fingerprint density at radius 3 is 2.36 bits per heavy atom. The Labute approximate surface area is 140 Å². The van der Waals surface area contributed by atoms with Crippen molar-refractivity contribution in [1.29, 1.82) is 0 Å². The van der Waals surface area contributed by atoms with Gasteiger partial charge in [0, 0.05) is 24.5 Å². The second-order valence-corrected chi connectivity index (χ2v) is 6.71. The van der Waals surface area contributed by atoms with Gasteiger partial charge in [-0.2, -0.15) is 0 Å². The molecule has 1 aliphatic heterocycles. The number of rotatable bonds is 3. The van der Waals surface area contributed by atoms with E-state index in [1.54, 1.807) is 4.90 Å². The van der Waals surface area contributed by atoms with E-state index in [0.29, 0.717) is 0 Å². The highest BCUT2D eigenvalue weighted by atomic mass is 79.9. The highest BCUT2D eigenvalue weighted by Crippen LogP contribution is 2.27. The summed E-state index contributed by atoms with van der Waals surface area (Å²) in [7, 11) is 0. The topological polar surface area (TPSA) is 40.6 Å². The fraction of sp³-hybridized carbons (Fsp3) is 0.529. The summed E-state index contributed by atoms with van der Waals surface area (Å²) in [5.74, 6) is -0.0858. The van der Waals surface area contributed by atoms with Gasteiger partial charge in [-0.25, -0.2) is 0 Å². The summed E-state index contributed by atoms with van der Waals surface area (Å²) >= 11 is 3.50. The zero-order valence-electron chi connectivity index (χ0n) is 13.3. The number of hydrogen-bond donors (Lipinski definition) is 0. The van der Waals surface area contributed by atoms with E-state index in [1.807, 2.05) is 30.0 Å². The minimum atomic E-state index is -0.118. The Kier molecular flexibility index (Phi) is 6.00. The number of benzene rings is 1. The Bertz CT molecular complexity index is 552. The highest BCUT2D eigenvalue weighted by Gasteiger charge is 2.22. The van der Waals surface area contributed by atoms with Crippen LogP contribution in [-0.4, -0.2) is 36.3 Å². The number of anilines is 1. The molecule has 120 valence electrons. The molecule has 1 saturated heterocycles. The van der Waals surface area contributed by atoms with Crippen LogP contribution in [0.1, 0.15) is 38.2 Å². The van der Waals surface area contributed by atoms with E-state index >= 15 is 0 Å². The summed E-state index contributed by atoms with van der Waals surface area (Å²) in [4.78, 5) is 28.0. The fourth-order valence-corrected chi connectivity index (χ4v) is 3.46. The van der Waals surface area contributed by atoms with Crippen LogP contribution in [-0.2, 0) is 9.59 Å². The summed E-state index contributed by atoms with van der Waals surface area (Å²) in [6.45, 7) is 5.22. The van der Waals surface area contributed by atoms with Gasteiger partial charge < -0.3 is 9.80 Å². The van der Waals surface area contributed by atoms with Gasteiger partial charge in [0.1, 0.15) is 6.54 Å². The quantitative estimate of drug-likeness (QED) is 0.820. The smallest absolute Gasteiger partial charge is 0.242 e. The number of aryl methyl sites for hydroxylation is 1. The van der Waals surface area contributed by atoms with Gasteiger partial charge in [-0.1, -0.05) is 18.9 Å². The summed E-state index contributed by atoms with van der Waals surface area (Å²) in [6.07, 6.45) is 4.48. The van der Waals surface area contributed by atoms with Crippen LogP contribution in [0.15, 0.2) is 22.7 Å². The maximum absolute atomic E-state index is 12.5. The SMILES string of the molecule is CC(=O)N(CC(=O)N1CCCCCC1)c1ccc(C)cc1Br. The molecule has 1 fully saturated rings. The molecule has 22 heavy (non-hydrogen) atoms. The molecule has 0 N–H and O–H groups in total. The molecule has 0 bridgehead atoms. The molecule has 1 aromatic rings. The third-order valence-corrected chi connectivity index (χ3v) is 4.66. The molecule has 4 nitrogen and oxygen atoms in total. The first kappa shape index (κ1) is 17.0. The molecule has 0 spiro atoms. The Morgan fingerprint density at radius 1 is 1.18 bits per heavy atom. The molecule has 0 aliphatic carbocycles. The van der Waals surface area contributed by atoms with E-state index in [1.165, 1.54) is 19.8 Å². The van der Waals surface area contributed by atoms with Crippen LogP contribution in [0.2, 0.25) is 0 Å². The second-order valence-electron chi connectivity index (χ2n) is 5.86. The molecule has 1 heterocycles. The predicted octanol–water partition coefficient (Wildman–Crippen LogP) is 3.51. The average molecular weight is 367 g/mol. The molecule has 2 rings (SSSR count). The standard InChI is InChI=1S/C17H23BrN2O2/c1-13-7-8-16(15(18)11-13)20(14(2)21)12-17(22)19-9-5-3-4-6-10-19/h7-8,11H,3-6,9-10,12H2,1-2H3. The zero-order valence-corrected chi connectivity index (χ0v) is 14.9. The van der Waals surface area contributed by atoms with Gasteiger partial charge in [0.05, 0.1) is 5.69 Å². The van der Waals surface area contributed by atoms with Crippen LogP contribution in [0.5, 0.6) is 0 Å². The first-order chi connectivity index (χ1) is 10.5. The lowest BCUT2D eigenvalue weighted by molar-refractivity contribution is -0.131. The van der Waals surface area contributed by atoms with Gasteiger partial charge in [-0.05, 0) is 53.4 Å². The molecule has 0 unspecified atom stereocenters. The van der Waals surface area contributed by atoms with Crippen molar-refractivity contribution in [3.05, 3.63) is 28.2 Å². The lowest BCUT2D eigenvalue weighted by Gasteiger charge is -2.27. The van der Waals surface area contributed by atoms with Crippen molar-refractivity contribution < 1.29 is 9.59 Å². The van der Waals surface area contributed by atoms with E-state index in [0.717, 1.165) is 41.7 Å². The van der Waals surface area contributed by atoms with Crippen LogP contribution in [0.25, 0.3) is 0 Å². The molecular weight excluding hydrogens is 344 g/mol. The molecule has 2 amide bonds. The van der Waals surface area contributed by atoms with E-state index in [2.05, 4.69) is 15.9 Å². The number of carbonyl (C=O) groups is 2. The highest BCUT2D eigenvalue weighted by molar-refractivity contribution is 9.10. The number of amides is 2. The maximum Gasteiger partial charge on any atom is 0.242 e. The predicted molar refractivity (Wildman–Crippen MR) is 92.0 cm³/mol. The summed E-state index contributed by atoms with van der Waals surface area (Å²) in [5.41, 5.74) is 1.86. The average Bonchev–Trinajstić information content (AvgIpc) is 2.74. The maximum atomic E-state index is 12.5. The van der Waals surface area contributed by atoms with E-state index in [4.69, 9.17) is 0 Å². The monoisotopic (exact) mass is 366 g/mol. The van der Waals surface area contributed by atoms with Crippen LogP contribution in [0, 0.1) is 6.92 Å². The van der Waals surface area contributed by atoms with Crippen molar-refractivity contribution >= 4 is 33.4 Å². The third-order valence-electron chi connectivity index (χ3n) is 4.03. The van der Waals surface area contributed by atoms with Crippen LogP contribution >= 0.6 is 15.9 Å². The summed E-state index contributed by atoms with van der Waals surface area (Å²) < 4.78 is 0.839. The van der Waals surface area contributed by atoms with Crippen molar-refractivity contribution in [2.45, 2.75) is 39.5 Å². The van der Waals surface area contributed by atoms with E-state index < -0.39 is 0 Å². The molecular formula is C17H23BrN2O2. The van der Waals surface area contributed by atoms with Gasteiger partial charge in [0.15, 0.2) is 0 Å². The van der Waals surface area contributed by atoms with Gasteiger partial charge in [0.2, 0.25) is 11.8 Å². The van der Waals surface area contributed by atoms with Crippen molar-refractivity contribution in [3.63, 3.8) is 0 Å². The second kappa shape index (κ2) is 7.77. The molecule has 1 aromatic carbocycles. The van der Waals surface area contributed by atoms with Crippen LogP contribution in [0.4, 0.5) is 5.69 Å². The molecule has 0 aromatic heterocycles. The molecule has 1 aliphatic rings. The van der Waals surface area contributed by atoms with Crippen molar-refractivity contribution in [1.82, 2.24) is 4.90 Å². The van der Waals surface area contributed by atoms with Gasteiger partial charge >= 0.3 is 0 Å². The summed E-state index contributed by atoms with van der Waals surface area (Å²) in [6, 6.07) is 5.80. The number of hydrogen-bond acceptors (Lipinski definition) is 2. The van der Waals surface area contributed by atoms with E-state index in [-0.39, 0.29) is 18.4 Å². The number of carbonyl (C=O) groups excluding carboxylic acids is 2. The van der Waals surface area contributed by atoms with Crippen LogP contribution < -0.4 is 4.90 Å². The number of halogens is 1. The van der Waals surface area contributed by atoms with Crippen molar-refractivity contribution in [2.24, 2.45) is 0 Å². The minimum absolute atomic E-state index is 0.0320. The fourth-order valence-electron chi connectivity index (χ4n) is 2.75. The molecule has 0 radical (unpaired) electrons. The lowest BCUT2D eigenvalue weighted by Crippen LogP contribution is -2.42. The first-order valence-electron chi connectivity index (χ1n) is 7.81. The van der Waals surface area contributed by atoms with Gasteiger partial charge in [-0.15, -0.1) is 0 Å². The Balaban J connectivity index is 2.14.